The van der Waals surface area contributed by atoms with Crippen LogP contribution in [0.3, 0.4) is 0 Å². The second kappa shape index (κ2) is 5.59. The summed E-state index contributed by atoms with van der Waals surface area (Å²) in [4.78, 5) is 0. The SMILES string of the molecule is CCc1cccc2c1oc1c2ccc2c3ccc(C)cc3c3ccccc3c21. The van der Waals surface area contributed by atoms with Crippen molar-refractivity contribution in [3.8, 4) is 0 Å². The van der Waals surface area contributed by atoms with Crippen molar-refractivity contribution in [2.45, 2.75) is 20.3 Å². The van der Waals surface area contributed by atoms with Gasteiger partial charge in [0.2, 0.25) is 0 Å². The van der Waals surface area contributed by atoms with Gasteiger partial charge in [-0.15, -0.1) is 0 Å². The fraction of sp³-hybridized carbons (Fsp3) is 0.111. The summed E-state index contributed by atoms with van der Waals surface area (Å²) in [6.07, 6.45) is 0.970. The first kappa shape index (κ1) is 15.7. The monoisotopic (exact) mass is 360 g/mol. The first-order valence-corrected chi connectivity index (χ1v) is 9.94. The maximum absolute atomic E-state index is 6.57. The molecule has 0 aliphatic heterocycles. The Balaban J connectivity index is 1.95. The average Bonchev–Trinajstić information content (AvgIpc) is 3.12. The molecule has 0 saturated carbocycles. The second-order valence-electron chi connectivity index (χ2n) is 7.71. The van der Waals surface area contributed by atoms with Gasteiger partial charge < -0.3 is 4.42 Å². The summed E-state index contributed by atoms with van der Waals surface area (Å²) < 4.78 is 6.57. The van der Waals surface area contributed by atoms with Crippen LogP contribution in [0.25, 0.3) is 54.3 Å². The molecule has 0 amide bonds. The lowest BCUT2D eigenvalue weighted by molar-refractivity contribution is 0.667. The van der Waals surface area contributed by atoms with E-state index < -0.39 is 0 Å². The van der Waals surface area contributed by atoms with E-state index in [-0.39, 0.29) is 0 Å². The van der Waals surface area contributed by atoms with Crippen LogP contribution in [-0.4, -0.2) is 0 Å². The standard InChI is InChI=1S/C27H20O/c1-3-17-7-6-10-22-23-14-13-21-19-12-11-16(2)15-24(19)18-8-4-5-9-20(18)25(21)27(23)28-26(17)22/h4-15H,3H2,1-2H3. The van der Waals surface area contributed by atoms with Crippen molar-refractivity contribution in [2.24, 2.45) is 0 Å². The molecule has 0 radical (unpaired) electrons. The molecular formula is C27H20O. The van der Waals surface area contributed by atoms with Gasteiger partial charge in [0.25, 0.3) is 0 Å². The van der Waals surface area contributed by atoms with Crippen LogP contribution in [0, 0.1) is 6.92 Å². The van der Waals surface area contributed by atoms with Gasteiger partial charge in [-0.2, -0.15) is 0 Å². The van der Waals surface area contributed by atoms with Crippen molar-refractivity contribution >= 4 is 54.3 Å². The van der Waals surface area contributed by atoms with E-state index >= 15 is 0 Å². The number of aryl methyl sites for hydroxylation is 2. The fourth-order valence-electron chi connectivity index (χ4n) is 4.74. The first-order chi connectivity index (χ1) is 13.8. The van der Waals surface area contributed by atoms with Gasteiger partial charge in [0, 0.05) is 16.2 Å². The molecule has 0 aliphatic rings. The third-order valence-corrected chi connectivity index (χ3v) is 6.08. The normalized spacial score (nSPS) is 12.1. The van der Waals surface area contributed by atoms with E-state index in [1.807, 2.05) is 0 Å². The molecular weight excluding hydrogens is 340 g/mol. The minimum absolute atomic E-state index is 0.970. The third-order valence-electron chi connectivity index (χ3n) is 6.08. The van der Waals surface area contributed by atoms with Crippen molar-refractivity contribution in [2.75, 3.05) is 0 Å². The fourth-order valence-corrected chi connectivity index (χ4v) is 4.74. The van der Waals surface area contributed by atoms with Crippen LogP contribution in [0.5, 0.6) is 0 Å². The zero-order valence-corrected chi connectivity index (χ0v) is 16.0. The summed E-state index contributed by atoms with van der Waals surface area (Å²) in [5, 5.41) is 10.1. The minimum atomic E-state index is 0.970. The minimum Gasteiger partial charge on any atom is -0.455 e. The van der Waals surface area contributed by atoms with Crippen LogP contribution in [-0.2, 0) is 6.42 Å². The molecule has 0 atom stereocenters. The Labute approximate surface area is 163 Å². The molecule has 1 heteroatoms. The second-order valence-corrected chi connectivity index (χ2v) is 7.71. The predicted molar refractivity (Wildman–Crippen MR) is 120 cm³/mol. The number of hydrogen-bond donors (Lipinski definition) is 0. The summed E-state index contributed by atoms with van der Waals surface area (Å²) in [7, 11) is 0. The van der Waals surface area contributed by atoms with Crippen LogP contribution in [0.4, 0.5) is 0 Å². The van der Waals surface area contributed by atoms with Gasteiger partial charge in [0.1, 0.15) is 11.2 Å². The van der Waals surface area contributed by atoms with Gasteiger partial charge in [-0.3, -0.25) is 0 Å². The molecule has 6 rings (SSSR count). The molecule has 6 aromatic rings. The van der Waals surface area contributed by atoms with Gasteiger partial charge >= 0.3 is 0 Å². The lowest BCUT2D eigenvalue weighted by Crippen LogP contribution is -1.84. The van der Waals surface area contributed by atoms with E-state index in [4.69, 9.17) is 4.42 Å². The molecule has 1 nitrogen and oxygen atoms in total. The Morgan fingerprint density at radius 1 is 0.607 bits per heavy atom. The van der Waals surface area contributed by atoms with E-state index in [0.717, 1.165) is 17.6 Å². The van der Waals surface area contributed by atoms with Crippen LogP contribution in [0.1, 0.15) is 18.1 Å². The maximum Gasteiger partial charge on any atom is 0.143 e. The highest BCUT2D eigenvalue weighted by molar-refractivity contribution is 6.32. The maximum atomic E-state index is 6.57. The molecule has 0 N–H and O–H groups in total. The highest BCUT2D eigenvalue weighted by atomic mass is 16.3. The van der Waals surface area contributed by atoms with Crippen molar-refractivity contribution in [1.82, 2.24) is 0 Å². The Bertz CT molecular complexity index is 1530. The van der Waals surface area contributed by atoms with Crippen molar-refractivity contribution in [3.63, 3.8) is 0 Å². The summed E-state index contributed by atoms with van der Waals surface area (Å²) in [5.74, 6) is 0. The molecule has 0 spiro atoms. The van der Waals surface area contributed by atoms with E-state index in [1.165, 1.54) is 54.2 Å². The smallest absolute Gasteiger partial charge is 0.143 e. The number of rotatable bonds is 1. The topological polar surface area (TPSA) is 13.1 Å². The molecule has 0 aliphatic carbocycles. The van der Waals surface area contributed by atoms with Crippen LogP contribution < -0.4 is 0 Å². The largest absolute Gasteiger partial charge is 0.455 e. The first-order valence-electron chi connectivity index (χ1n) is 9.94. The highest BCUT2D eigenvalue weighted by Gasteiger charge is 2.16. The zero-order chi connectivity index (χ0) is 18.8. The molecule has 0 bridgehead atoms. The van der Waals surface area contributed by atoms with Crippen molar-refractivity contribution < 1.29 is 4.42 Å². The van der Waals surface area contributed by atoms with E-state index in [9.17, 15) is 0 Å². The molecule has 1 heterocycles. The summed E-state index contributed by atoms with van der Waals surface area (Å²) >= 11 is 0. The van der Waals surface area contributed by atoms with Crippen molar-refractivity contribution in [3.05, 3.63) is 83.9 Å². The Morgan fingerprint density at radius 3 is 2.11 bits per heavy atom. The lowest BCUT2D eigenvalue weighted by atomic mass is 9.92. The number of furan rings is 1. The quantitative estimate of drug-likeness (QED) is 0.271. The van der Waals surface area contributed by atoms with Crippen LogP contribution in [0.15, 0.2) is 77.2 Å². The molecule has 0 fully saturated rings. The van der Waals surface area contributed by atoms with Gasteiger partial charge in [0.15, 0.2) is 0 Å². The highest BCUT2D eigenvalue weighted by Crippen LogP contribution is 2.42. The Morgan fingerprint density at radius 2 is 1.25 bits per heavy atom. The van der Waals surface area contributed by atoms with Crippen LogP contribution >= 0.6 is 0 Å². The number of hydrogen-bond acceptors (Lipinski definition) is 1. The molecule has 1 aromatic heterocycles. The summed E-state index contributed by atoms with van der Waals surface area (Å²) in [5.41, 5.74) is 4.59. The summed E-state index contributed by atoms with van der Waals surface area (Å²) in [6, 6.07) is 26.5. The van der Waals surface area contributed by atoms with E-state index in [0.29, 0.717) is 0 Å². The molecule has 0 saturated heterocycles. The Kier molecular flexibility index (Phi) is 3.14. The van der Waals surface area contributed by atoms with Gasteiger partial charge in [-0.05, 0) is 51.9 Å². The predicted octanol–water partition coefficient (Wildman–Crippen LogP) is 7.92. The van der Waals surface area contributed by atoms with Gasteiger partial charge in [-0.25, -0.2) is 0 Å². The molecule has 5 aromatic carbocycles. The van der Waals surface area contributed by atoms with E-state index in [2.05, 4.69) is 86.6 Å². The van der Waals surface area contributed by atoms with Crippen LogP contribution in [0.2, 0.25) is 0 Å². The molecule has 0 unspecified atom stereocenters. The molecule has 28 heavy (non-hydrogen) atoms. The van der Waals surface area contributed by atoms with Gasteiger partial charge in [-0.1, -0.05) is 79.2 Å². The third kappa shape index (κ3) is 1.96. The lowest BCUT2D eigenvalue weighted by Gasteiger charge is -2.11. The molecule has 134 valence electrons. The van der Waals surface area contributed by atoms with Gasteiger partial charge in [0.05, 0.1) is 0 Å². The summed E-state index contributed by atoms with van der Waals surface area (Å²) in [6.45, 7) is 4.35. The van der Waals surface area contributed by atoms with E-state index in [1.54, 1.807) is 0 Å². The Hall–Kier alpha value is -3.32. The average molecular weight is 360 g/mol. The number of fused-ring (bicyclic) bond motifs is 10. The van der Waals surface area contributed by atoms with Crippen molar-refractivity contribution in [1.29, 1.82) is 0 Å². The number of benzene rings is 5. The zero-order valence-electron chi connectivity index (χ0n) is 16.0. The number of para-hydroxylation sites is 1.